The Kier molecular flexibility index (Phi) is 4.66. The first-order chi connectivity index (χ1) is 12.6. The van der Waals surface area contributed by atoms with Crippen molar-refractivity contribution < 1.29 is 9.63 Å². The number of aryl methyl sites for hydroxylation is 1. The summed E-state index contributed by atoms with van der Waals surface area (Å²) in [5.41, 5.74) is 1.70. The number of carbonyl (C=O) groups is 1. The van der Waals surface area contributed by atoms with Crippen LogP contribution in [0.3, 0.4) is 0 Å². The topological polar surface area (TPSA) is 68.0 Å². The van der Waals surface area contributed by atoms with Crippen molar-refractivity contribution in [3.8, 4) is 0 Å². The van der Waals surface area contributed by atoms with Gasteiger partial charge in [0.05, 0.1) is 11.7 Å². The Balaban J connectivity index is 1.27. The largest absolute Gasteiger partial charge is 0.386 e. The van der Waals surface area contributed by atoms with E-state index in [1.165, 1.54) is 25.7 Å². The molecule has 2 aromatic rings. The fourth-order valence-electron chi connectivity index (χ4n) is 4.81. The van der Waals surface area contributed by atoms with E-state index in [1.54, 1.807) is 6.21 Å². The molecule has 4 unspecified atom stereocenters. The number of hydrogen-bond acceptors (Lipinski definition) is 4. The van der Waals surface area contributed by atoms with Crippen LogP contribution in [0.25, 0.3) is 5.52 Å². The van der Waals surface area contributed by atoms with Crippen LogP contribution in [0.2, 0.25) is 0 Å². The van der Waals surface area contributed by atoms with Crippen LogP contribution in [0.1, 0.15) is 44.1 Å². The number of hydrogen-bond donors (Lipinski definition) is 1. The number of aromatic nitrogens is 2. The van der Waals surface area contributed by atoms with E-state index in [2.05, 4.69) is 22.4 Å². The molecule has 2 bridgehead atoms. The number of fused-ring (bicyclic) bond motifs is 3. The molecule has 0 aromatic carbocycles. The summed E-state index contributed by atoms with van der Waals surface area (Å²) in [4.78, 5) is 21.8. The molecule has 1 amide bonds. The van der Waals surface area contributed by atoms with E-state index in [9.17, 15) is 4.79 Å². The maximum absolute atomic E-state index is 12.1. The maximum Gasteiger partial charge on any atom is 0.260 e. The first kappa shape index (κ1) is 17.1. The Bertz CT molecular complexity index is 828. The summed E-state index contributed by atoms with van der Waals surface area (Å²) in [7, 11) is 0. The summed E-state index contributed by atoms with van der Waals surface area (Å²) < 4.78 is 1.99. The average molecular weight is 354 g/mol. The number of nitrogens with zero attached hydrogens (tertiary/aromatic N) is 3. The van der Waals surface area contributed by atoms with Gasteiger partial charge in [-0.2, -0.15) is 0 Å². The molecular formula is C20H26N4O2. The number of rotatable bonds is 6. The number of pyridine rings is 1. The molecule has 2 aliphatic carbocycles. The van der Waals surface area contributed by atoms with Crippen molar-refractivity contribution in [1.29, 1.82) is 0 Å². The van der Waals surface area contributed by atoms with E-state index in [1.807, 2.05) is 35.7 Å². The maximum atomic E-state index is 12.1. The van der Waals surface area contributed by atoms with E-state index in [0.717, 1.165) is 28.9 Å². The summed E-state index contributed by atoms with van der Waals surface area (Å²) in [6.07, 6.45) is 8.84. The molecule has 6 heteroatoms. The summed E-state index contributed by atoms with van der Waals surface area (Å²) in [6.45, 7) is 3.99. The third-order valence-corrected chi connectivity index (χ3v) is 6.02. The van der Waals surface area contributed by atoms with Crippen molar-refractivity contribution in [2.75, 3.05) is 6.61 Å². The molecule has 2 aromatic heterocycles. The zero-order chi connectivity index (χ0) is 18.1. The number of oxime groups is 1. The van der Waals surface area contributed by atoms with Gasteiger partial charge >= 0.3 is 0 Å². The number of nitrogens with one attached hydrogen (secondary N) is 1. The minimum absolute atomic E-state index is 0.0631. The van der Waals surface area contributed by atoms with Crippen molar-refractivity contribution in [2.24, 2.45) is 22.9 Å². The van der Waals surface area contributed by atoms with Crippen molar-refractivity contribution in [3.05, 3.63) is 35.9 Å². The highest BCUT2D eigenvalue weighted by Gasteiger charge is 2.42. The standard InChI is InChI=1S/C20H26N4O2/c1-13(17-10-15-6-7-16(17)9-15)22-20(25)12-26-21-11-18-19-5-3-4-8-24(19)14(2)23-18/h3-5,8,11,13,15-17H,6-7,9-10,12H2,1-2H3,(H,22,25). The number of imidazole rings is 1. The lowest BCUT2D eigenvalue weighted by Crippen LogP contribution is -2.41. The van der Waals surface area contributed by atoms with Gasteiger partial charge in [0.25, 0.3) is 5.91 Å². The van der Waals surface area contributed by atoms with E-state index in [0.29, 0.717) is 5.92 Å². The third-order valence-electron chi connectivity index (χ3n) is 6.02. The summed E-state index contributed by atoms with van der Waals surface area (Å²) in [5.74, 6) is 3.09. The van der Waals surface area contributed by atoms with Crippen molar-refractivity contribution in [2.45, 2.75) is 45.6 Å². The Hall–Kier alpha value is -2.37. The molecule has 2 heterocycles. The van der Waals surface area contributed by atoms with Gasteiger partial charge in [-0.15, -0.1) is 0 Å². The van der Waals surface area contributed by atoms with E-state index >= 15 is 0 Å². The first-order valence-corrected chi connectivity index (χ1v) is 9.50. The average Bonchev–Trinajstić information content (AvgIpc) is 3.34. The van der Waals surface area contributed by atoms with Gasteiger partial charge in [0.1, 0.15) is 11.5 Å². The van der Waals surface area contributed by atoms with E-state index < -0.39 is 0 Å². The molecule has 138 valence electrons. The van der Waals surface area contributed by atoms with Gasteiger partial charge in [-0.3, -0.25) is 4.79 Å². The zero-order valence-corrected chi connectivity index (χ0v) is 15.4. The smallest absolute Gasteiger partial charge is 0.260 e. The van der Waals surface area contributed by atoms with Gasteiger partial charge in [-0.25, -0.2) is 4.98 Å². The van der Waals surface area contributed by atoms with Crippen LogP contribution in [0, 0.1) is 24.7 Å². The Labute approximate surface area is 153 Å². The number of amides is 1. The molecule has 6 nitrogen and oxygen atoms in total. The van der Waals surface area contributed by atoms with Gasteiger partial charge in [-0.1, -0.05) is 17.6 Å². The molecule has 26 heavy (non-hydrogen) atoms. The molecule has 0 radical (unpaired) electrons. The van der Waals surface area contributed by atoms with Crippen LogP contribution in [0.4, 0.5) is 0 Å². The second-order valence-electron chi connectivity index (χ2n) is 7.70. The fraction of sp³-hybridized carbons (Fsp3) is 0.550. The molecular weight excluding hydrogens is 328 g/mol. The van der Waals surface area contributed by atoms with Gasteiger partial charge < -0.3 is 14.6 Å². The fourth-order valence-corrected chi connectivity index (χ4v) is 4.81. The lowest BCUT2D eigenvalue weighted by molar-refractivity contribution is -0.126. The van der Waals surface area contributed by atoms with Gasteiger partial charge in [0.2, 0.25) is 0 Å². The Morgan fingerprint density at radius 2 is 2.35 bits per heavy atom. The minimum Gasteiger partial charge on any atom is -0.386 e. The Morgan fingerprint density at radius 3 is 3.12 bits per heavy atom. The Morgan fingerprint density at radius 1 is 1.46 bits per heavy atom. The van der Waals surface area contributed by atoms with Crippen LogP contribution in [-0.2, 0) is 9.63 Å². The highest BCUT2D eigenvalue weighted by atomic mass is 16.6. The lowest BCUT2D eigenvalue weighted by atomic mass is 9.84. The zero-order valence-electron chi connectivity index (χ0n) is 15.4. The normalized spacial score (nSPS) is 25.8. The quantitative estimate of drug-likeness (QED) is 0.641. The molecule has 2 saturated carbocycles. The third kappa shape index (κ3) is 3.32. The minimum atomic E-state index is -0.108. The van der Waals surface area contributed by atoms with Crippen LogP contribution in [0.5, 0.6) is 0 Å². The molecule has 4 rings (SSSR count). The second kappa shape index (κ2) is 7.09. The summed E-state index contributed by atoms with van der Waals surface area (Å²) in [6, 6.07) is 6.11. The molecule has 0 saturated heterocycles. The molecule has 0 spiro atoms. The van der Waals surface area contributed by atoms with Crippen LogP contribution >= 0.6 is 0 Å². The number of carbonyl (C=O) groups excluding carboxylic acids is 1. The van der Waals surface area contributed by atoms with Crippen LogP contribution < -0.4 is 5.32 Å². The van der Waals surface area contributed by atoms with E-state index in [-0.39, 0.29) is 18.6 Å². The summed E-state index contributed by atoms with van der Waals surface area (Å²) >= 11 is 0. The van der Waals surface area contributed by atoms with Crippen LogP contribution in [-0.4, -0.2) is 34.2 Å². The monoisotopic (exact) mass is 354 g/mol. The van der Waals surface area contributed by atoms with E-state index in [4.69, 9.17) is 4.84 Å². The summed E-state index contributed by atoms with van der Waals surface area (Å²) in [5, 5.41) is 7.01. The second-order valence-corrected chi connectivity index (χ2v) is 7.70. The first-order valence-electron chi connectivity index (χ1n) is 9.50. The molecule has 0 aliphatic heterocycles. The highest BCUT2D eigenvalue weighted by molar-refractivity contribution is 5.87. The molecule has 1 N–H and O–H groups in total. The van der Waals surface area contributed by atoms with Gasteiger partial charge in [0, 0.05) is 12.2 Å². The molecule has 2 aliphatic rings. The van der Waals surface area contributed by atoms with Crippen LogP contribution in [0.15, 0.2) is 29.6 Å². The van der Waals surface area contributed by atoms with Crippen molar-refractivity contribution in [1.82, 2.24) is 14.7 Å². The lowest BCUT2D eigenvalue weighted by Gasteiger charge is -2.28. The van der Waals surface area contributed by atoms with Crippen molar-refractivity contribution >= 4 is 17.6 Å². The van der Waals surface area contributed by atoms with Gasteiger partial charge in [-0.05, 0) is 63.0 Å². The molecule has 2 fully saturated rings. The predicted octanol–water partition coefficient (Wildman–Crippen LogP) is 2.93. The molecule has 4 atom stereocenters. The predicted molar refractivity (Wildman–Crippen MR) is 100 cm³/mol. The van der Waals surface area contributed by atoms with Gasteiger partial charge in [0.15, 0.2) is 6.61 Å². The van der Waals surface area contributed by atoms with Crippen molar-refractivity contribution in [3.63, 3.8) is 0 Å². The highest BCUT2D eigenvalue weighted by Crippen LogP contribution is 2.49. The SMILES string of the molecule is Cc1nc(C=NOCC(=O)NC(C)C2CC3CCC2C3)c2ccccn12.